The SMILES string of the molecule is CC(C)[C@H](N)C(=O)NCC(=O)N1CCN(CC(=O)N2CCCCCC2)CC1. The number of carbonyl (C=O) groups excluding carboxylic acids is 3. The van der Waals surface area contributed by atoms with Crippen LogP contribution >= 0.6 is 0 Å². The summed E-state index contributed by atoms with van der Waals surface area (Å²) in [5.41, 5.74) is 5.78. The maximum Gasteiger partial charge on any atom is 0.242 e. The Labute approximate surface area is 162 Å². The van der Waals surface area contributed by atoms with Gasteiger partial charge in [0.1, 0.15) is 0 Å². The smallest absolute Gasteiger partial charge is 0.242 e. The summed E-state index contributed by atoms with van der Waals surface area (Å²) in [5.74, 6) is -0.158. The van der Waals surface area contributed by atoms with Gasteiger partial charge in [0, 0.05) is 39.3 Å². The van der Waals surface area contributed by atoms with Crippen LogP contribution in [-0.2, 0) is 14.4 Å². The lowest BCUT2D eigenvalue weighted by molar-refractivity contribution is -0.136. The Bertz CT molecular complexity index is 509. The summed E-state index contributed by atoms with van der Waals surface area (Å²) < 4.78 is 0. The van der Waals surface area contributed by atoms with Crippen LogP contribution in [0.4, 0.5) is 0 Å². The lowest BCUT2D eigenvalue weighted by atomic mass is 10.1. The third kappa shape index (κ3) is 6.77. The molecule has 0 aromatic rings. The summed E-state index contributed by atoms with van der Waals surface area (Å²) in [6, 6.07) is -0.598. The van der Waals surface area contributed by atoms with Crippen molar-refractivity contribution in [1.82, 2.24) is 20.0 Å². The Morgan fingerprint density at radius 2 is 1.41 bits per heavy atom. The van der Waals surface area contributed by atoms with Crippen molar-refractivity contribution in [3.05, 3.63) is 0 Å². The Balaban J connectivity index is 1.69. The highest BCUT2D eigenvalue weighted by atomic mass is 16.2. The predicted octanol–water partition coefficient (Wildman–Crippen LogP) is -0.367. The fourth-order valence-corrected chi connectivity index (χ4v) is 3.46. The van der Waals surface area contributed by atoms with Crippen molar-refractivity contribution in [3.63, 3.8) is 0 Å². The largest absolute Gasteiger partial charge is 0.346 e. The first-order valence-electron chi connectivity index (χ1n) is 10.2. The van der Waals surface area contributed by atoms with Crippen molar-refractivity contribution in [1.29, 1.82) is 0 Å². The Morgan fingerprint density at radius 1 is 0.852 bits per heavy atom. The van der Waals surface area contributed by atoms with E-state index in [4.69, 9.17) is 5.73 Å². The van der Waals surface area contributed by atoms with Gasteiger partial charge in [0.05, 0.1) is 19.1 Å². The zero-order valence-electron chi connectivity index (χ0n) is 16.8. The van der Waals surface area contributed by atoms with Gasteiger partial charge in [0.25, 0.3) is 0 Å². The molecule has 3 amide bonds. The summed E-state index contributed by atoms with van der Waals surface area (Å²) in [6.07, 6.45) is 4.62. The zero-order valence-corrected chi connectivity index (χ0v) is 16.8. The van der Waals surface area contributed by atoms with Crippen molar-refractivity contribution in [2.24, 2.45) is 11.7 Å². The highest BCUT2D eigenvalue weighted by molar-refractivity contribution is 5.87. The molecule has 8 nitrogen and oxygen atoms in total. The molecule has 2 saturated heterocycles. The number of amides is 3. The summed E-state index contributed by atoms with van der Waals surface area (Å²) in [4.78, 5) is 42.5. The number of carbonyl (C=O) groups is 3. The Morgan fingerprint density at radius 3 is 1.96 bits per heavy atom. The van der Waals surface area contributed by atoms with Gasteiger partial charge in [0.2, 0.25) is 17.7 Å². The van der Waals surface area contributed by atoms with Crippen LogP contribution in [-0.4, -0.2) is 90.8 Å². The second-order valence-corrected chi connectivity index (χ2v) is 7.94. The molecule has 0 aliphatic carbocycles. The van der Waals surface area contributed by atoms with Gasteiger partial charge >= 0.3 is 0 Å². The third-order valence-electron chi connectivity index (χ3n) is 5.48. The summed E-state index contributed by atoms with van der Waals surface area (Å²) in [7, 11) is 0. The molecule has 8 heteroatoms. The van der Waals surface area contributed by atoms with E-state index in [2.05, 4.69) is 10.2 Å². The van der Waals surface area contributed by atoms with Crippen molar-refractivity contribution in [2.45, 2.75) is 45.6 Å². The molecule has 3 N–H and O–H groups in total. The minimum absolute atomic E-state index is 0.0219. The first-order chi connectivity index (χ1) is 12.9. The molecule has 0 saturated carbocycles. The number of nitrogens with two attached hydrogens (primary N) is 1. The Kier molecular flexibility index (Phi) is 8.50. The van der Waals surface area contributed by atoms with Gasteiger partial charge in [0.15, 0.2) is 0 Å². The van der Waals surface area contributed by atoms with Crippen LogP contribution in [0.15, 0.2) is 0 Å². The average molecular weight is 382 g/mol. The van der Waals surface area contributed by atoms with Crippen LogP contribution in [0.5, 0.6) is 0 Å². The van der Waals surface area contributed by atoms with Crippen molar-refractivity contribution >= 4 is 17.7 Å². The minimum Gasteiger partial charge on any atom is -0.346 e. The number of hydrogen-bond donors (Lipinski definition) is 2. The van der Waals surface area contributed by atoms with E-state index in [9.17, 15) is 14.4 Å². The average Bonchev–Trinajstić information content (AvgIpc) is 2.95. The molecule has 154 valence electrons. The van der Waals surface area contributed by atoms with Crippen molar-refractivity contribution in [2.75, 3.05) is 52.4 Å². The monoisotopic (exact) mass is 381 g/mol. The van der Waals surface area contributed by atoms with Gasteiger partial charge in [-0.1, -0.05) is 26.7 Å². The van der Waals surface area contributed by atoms with E-state index in [-0.39, 0.29) is 30.2 Å². The number of piperazine rings is 1. The topological polar surface area (TPSA) is 99.0 Å². The highest BCUT2D eigenvalue weighted by Crippen LogP contribution is 2.11. The third-order valence-corrected chi connectivity index (χ3v) is 5.48. The van der Waals surface area contributed by atoms with Crippen LogP contribution in [0, 0.1) is 5.92 Å². The molecule has 27 heavy (non-hydrogen) atoms. The summed E-state index contributed by atoms with van der Waals surface area (Å²) in [5, 5.41) is 2.62. The highest BCUT2D eigenvalue weighted by Gasteiger charge is 2.25. The van der Waals surface area contributed by atoms with Crippen molar-refractivity contribution in [3.8, 4) is 0 Å². The lowest BCUT2D eigenvalue weighted by Crippen LogP contribution is -2.54. The van der Waals surface area contributed by atoms with Gasteiger partial charge in [-0.25, -0.2) is 0 Å². The van der Waals surface area contributed by atoms with E-state index in [1.165, 1.54) is 12.8 Å². The number of likely N-dealkylation sites (tertiary alicyclic amines) is 1. The van der Waals surface area contributed by atoms with E-state index in [1.807, 2.05) is 18.7 Å². The first kappa shape index (κ1) is 21.6. The molecule has 0 unspecified atom stereocenters. The lowest BCUT2D eigenvalue weighted by Gasteiger charge is -2.35. The molecule has 2 aliphatic heterocycles. The zero-order chi connectivity index (χ0) is 19.8. The molecular weight excluding hydrogens is 346 g/mol. The van der Waals surface area contributed by atoms with Crippen LogP contribution < -0.4 is 11.1 Å². The van der Waals surface area contributed by atoms with Gasteiger partial charge in [-0.05, 0) is 18.8 Å². The normalized spacial score (nSPS) is 20.3. The van der Waals surface area contributed by atoms with Gasteiger partial charge in [-0.15, -0.1) is 0 Å². The number of hydrogen-bond acceptors (Lipinski definition) is 5. The number of nitrogens with zero attached hydrogens (tertiary/aromatic N) is 3. The quantitative estimate of drug-likeness (QED) is 0.654. The van der Waals surface area contributed by atoms with Gasteiger partial charge < -0.3 is 20.9 Å². The van der Waals surface area contributed by atoms with Crippen LogP contribution in [0.25, 0.3) is 0 Å². The molecular formula is C19H35N5O3. The first-order valence-corrected chi connectivity index (χ1v) is 10.2. The second kappa shape index (κ2) is 10.6. The molecule has 2 aliphatic rings. The summed E-state index contributed by atoms with van der Waals surface area (Å²) >= 11 is 0. The number of nitrogens with one attached hydrogen (secondary N) is 1. The van der Waals surface area contributed by atoms with Crippen LogP contribution in [0.3, 0.4) is 0 Å². The van der Waals surface area contributed by atoms with Gasteiger partial charge in [-0.3, -0.25) is 19.3 Å². The molecule has 0 aromatic carbocycles. The number of rotatable bonds is 6. The van der Waals surface area contributed by atoms with Crippen LogP contribution in [0.2, 0.25) is 0 Å². The Hall–Kier alpha value is -1.67. The van der Waals surface area contributed by atoms with E-state index < -0.39 is 6.04 Å². The predicted molar refractivity (Wildman–Crippen MR) is 104 cm³/mol. The molecule has 0 spiro atoms. The van der Waals surface area contributed by atoms with Crippen LogP contribution in [0.1, 0.15) is 39.5 Å². The molecule has 2 fully saturated rings. The maximum absolute atomic E-state index is 12.5. The molecule has 2 rings (SSSR count). The molecule has 2 heterocycles. The summed E-state index contributed by atoms with van der Waals surface area (Å²) in [6.45, 7) is 8.43. The standard InChI is InChI=1S/C19H35N5O3/c1-15(2)18(20)19(27)21-13-16(25)24-11-9-22(10-12-24)14-17(26)23-7-5-3-4-6-8-23/h15,18H,3-14,20H2,1-2H3,(H,21,27)/t18-/m0/s1. The molecule has 1 atom stereocenters. The maximum atomic E-state index is 12.5. The minimum atomic E-state index is -0.598. The van der Waals surface area contributed by atoms with E-state index >= 15 is 0 Å². The molecule has 0 bridgehead atoms. The molecule has 0 aromatic heterocycles. The fourth-order valence-electron chi connectivity index (χ4n) is 3.46. The van der Waals surface area contributed by atoms with E-state index in [1.54, 1.807) is 4.90 Å². The van der Waals surface area contributed by atoms with Gasteiger partial charge in [-0.2, -0.15) is 0 Å². The van der Waals surface area contributed by atoms with Crippen molar-refractivity contribution < 1.29 is 14.4 Å². The fraction of sp³-hybridized carbons (Fsp3) is 0.842. The van der Waals surface area contributed by atoms with E-state index in [0.717, 1.165) is 25.9 Å². The second-order valence-electron chi connectivity index (χ2n) is 7.94. The van der Waals surface area contributed by atoms with E-state index in [0.29, 0.717) is 32.7 Å². The molecule has 0 radical (unpaired) electrons.